The zero-order valence-electron chi connectivity index (χ0n) is 17.8. The summed E-state index contributed by atoms with van der Waals surface area (Å²) in [6, 6.07) is 21.4. The van der Waals surface area contributed by atoms with Crippen molar-refractivity contribution in [1.82, 2.24) is 19.7 Å². The molecule has 2 aromatic heterocycles. The Morgan fingerprint density at radius 2 is 1.70 bits per heavy atom. The topological polar surface area (TPSA) is 67.4 Å². The van der Waals surface area contributed by atoms with Crippen LogP contribution in [0.25, 0.3) is 17.3 Å². The SMILES string of the molecule is O=C(CSc1nnc(-c2ccco2)n1-c1ccccc1Cl)N1CCN(c2ccccc2)CC1. The summed E-state index contributed by atoms with van der Waals surface area (Å²) < 4.78 is 7.39. The van der Waals surface area contributed by atoms with Crippen molar-refractivity contribution in [2.24, 2.45) is 0 Å². The van der Waals surface area contributed by atoms with E-state index in [9.17, 15) is 4.79 Å². The minimum atomic E-state index is 0.0842. The highest BCUT2D eigenvalue weighted by Gasteiger charge is 2.24. The number of halogens is 1. The number of rotatable bonds is 6. The predicted octanol–water partition coefficient (Wildman–Crippen LogP) is 4.62. The van der Waals surface area contributed by atoms with Crippen LogP contribution in [0, 0.1) is 0 Å². The third kappa shape index (κ3) is 4.62. The number of carbonyl (C=O) groups excluding carboxylic acids is 1. The molecule has 5 rings (SSSR count). The second-order valence-electron chi connectivity index (χ2n) is 7.56. The quantitative estimate of drug-likeness (QED) is 0.376. The van der Waals surface area contributed by atoms with E-state index in [2.05, 4.69) is 27.2 Å². The smallest absolute Gasteiger partial charge is 0.233 e. The number of benzene rings is 2. The minimum absolute atomic E-state index is 0.0842. The molecule has 4 aromatic rings. The van der Waals surface area contributed by atoms with Gasteiger partial charge in [-0.1, -0.05) is 53.7 Å². The lowest BCUT2D eigenvalue weighted by Gasteiger charge is -2.36. The molecule has 1 fully saturated rings. The Balaban J connectivity index is 1.29. The van der Waals surface area contributed by atoms with E-state index < -0.39 is 0 Å². The van der Waals surface area contributed by atoms with E-state index >= 15 is 0 Å². The largest absolute Gasteiger partial charge is 0.461 e. The molecule has 0 bridgehead atoms. The van der Waals surface area contributed by atoms with Gasteiger partial charge in [0.2, 0.25) is 11.7 Å². The van der Waals surface area contributed by atoms with Gasteiger partial charge in [-0.25, -0.2) is 0 Å². The van der Waals surface area contributed by atoms with Crippen molar-refractivity contribution in [3.63, 3.8) is 0 Å². The van der Waals surface area contributed by atoms with Gasteiger partial charge in [-0.05, 0) is 36.4 Å². The molecule has 3 heterocycles. The summed E-state index contributed by atoms with van der Waals surface area (Å²) in [5.74, 6) is 1.48. The first-order valence-electron chi connectivity index (χ1n) is 10.7. The molecule has 0 saturated carbocycles. The summed E-state index contributed by atoms with van der Waals surface area (Å²) in [6.07, 6.45) is 1.59. The van der Waals surface area contributed by atoms with Crippen LogP contribution in [-0.2, 0) is 4.79 Å². The molecule has 2 aromatic carbocycles. The first-order chi connectivity index (χ1) is 16.2. The van der Waals surface area contributed by atoms with E-state index in [1.165, 1.54) is 17.4 Å². The van der Waals surface area contributed by atoms with Crippen LogP contribution in [0.15, 0.2) is 82.6 Å². The average molecular weight is 480 g/mol. The van der Waals surface area contributed by atoms with Crippen molar-refractivity contribution in [1.29, 1.82) is 0 Å². The zero-order chi connectivity index (χ0) is 22.6. The molecule has 0 aliphatic carbocycles. The van der Waals surface area contributed by atoms with E-state index in [4.69, 9.17) is 16.0 Å². The molecule has 1 saturated heterocycles. The molecule has 0 atom stereocenters. The van der Waals surface area contributed by atoms with Crippen molar-refractivity contribution in [2.45, 2.75) is 5.16 Å². The second kappa shape index (κ2) is 9.72. The minimum Gasteiger partial charge on any atom is -0.461 e. The summed E-state index contributed by atoms with van der Waals surface area (Å²) in [4.78, 5) is 17.2. The first-order valence-corrected chi connectivity index (χ1v) is 12.0. The Morgan fingerprint density at radius 1 is 0.939 bits per heavy atom. The van der Waals surface area contributed by atoms with Gasteiger partial charge in [0.05, 0.1) is 22.7 Å². The number of hydrogen-bond donors (Lipinski definition) is 0. The maximum Gasteiger partial charge on any atom is 0.233 e. The van der Waals surface area contributed by atoms with Crippen molar-refractivity contribution in [2.75, 3.05) is 36.8 Å². The van der Waals surface area contributed by atoms with Crippen molar-refractivity contribution < 1.29 is 9.21 Å². The molecule has 0 radical (unpaired) electrons. The highest BCUT2D eigenvalue weighted by atomic mass is 35.5. The Morgan fingerprint density at radius 3 is 2.42 bits per heavy atom. The molecule has 7 nitrogen and oxygen atoms in total. The van der Waals surface area contributed by atoms with Crippen LogP contribution in [0.5, 0.6) is 0 Å². The number of aromatic nitrogens is 3. The fourth-order valence-corrected chi connectivity index (χ4v) is 4.92. The fourth-order valence-electron chi connectivity index (χ4n) is 3.85. The summed E-state index contributed by atoms with van der Waals surface area (Å²) in [7, 11) is 0. The molecule has 33 heavy (non-hydrogen) atoms. The number of thioether (sulfide) groups is 1. The average Bonchev–Trinajstić information content (AvgIpc) is 3.54. The Labute approximate surface area is 201 Å². The number of hydrogen-bond acceptors (Lipinski definition) is 6. The Kier molecular flexibility index (Phi) is 6.37. The fraction of sp³-hybridized carbons (Fsp3) is 0.208. The van der Waals surface area contributed by atoms with Crippen LogP contribution in [0.4, 0.5) is 5.69 Å². The second-order valence-corrected chi connectivity index (χ2v) is 8.91. The van der Waals surface area contributed by atoms with E-state index in [-0.39, 0.29) is 11.7 Å². The summed E-state index contributed by atoms with van der Waals surface area (Å²) >= 11 is 7.83. The number of para-hydroxylation sites is 2. The van der Waals surface area contributed by atoms with Crippen LogP contribution in [-0.4, -0.2) is 57.5 Å². The highest BCUT2D eigenvalue weighted by molar-refractivity contribution is 7.99. The van der Waals surface area contributed by atoms with E-state index in [1.807, 2.05) is 58.0 Å². The molecular weight excluding hydrogens is 458 g/mol. The van der Waals surface area contributed by atoms with Crippen LogP contribution in [0.2, 0.25) is 5.02 Å². The number of carbonyl (C=O) groups is 1. The van der Waals surface area contributed by atoms with Gasteiger partial charge < -0.3 is 14.2 Å². The summed E-state index contributed by atoms with van der Waals surface area (Å²) in [5.41, 5.74) is 1.93. The normalized spacial score (nSPS) is 14.0. The van der Waals surface area contributed by atoms with Gasteiger partial charge in [0.15, 0.2) is 10.9 Å². The van der Waals surface area contributed by atoms with Crippen molar-refractivity contribution >= 4 is 35.0 Å². The standard InChI is InChI=1S/C24H22ClN5O2S/c25-19-9-4-5-10-20(19)30-23(21-11-6-16-32-21)26-27-24(30)33-17-22(31)29-14-12-28(13-15-29)18-7-2-1-3-8-18/h1-11,16H,12-15,17H2. The van der Waals surface area contributed by atoms with Gasteiger partial charge in [-0.3, -0.25) is 9.36 Å². The third-order valence-corrected chi connectivity index (χ3v) is 6.78. The lowest BCUT2D eigenvalue weighted by atomic mass is 10.2. The van der Waals surface area contributed by atoms with E-state index in [1.54, 1.807) is 12.3 Å². The molecular formula is C24H22ClN5O2S. The number of anilines is 1. The molecule has 0 N–H and O–H groups in total. The number of piperazine rings is 1. The summed E-state index contributed by atoms with van der Waals surface area (Å²) in [5, 5.41) is 9.81. The molecule has 1 aliphatic heterocycles. The van der Waals surface area contributed by atoms with Crippen LogP contribution in [0.1, 0.15) is 0 Å². The van der Waals surface area contributed by atoms with E-state index in [0.29, 0.717) is 34.9 Å². The van der Waals surface area contributed by atoms with Gasteiger partial charge in [-0.2, -0.15) is 0 Å². The van der Waals surface area contributed by atoms with Crippen LogP contribution in [0.3, 0.4) is 0 Å². The molecule has 9 heteroatoms. The number of furan rings is 1. The lowest BCUT2D eigenvalue weighted by Crippen LogP contribution is -2.49. The number of amides is 1. The van der Waals surface area contributed by atoms with Gasteiger partial charge in [-0.15, -0.1) is 10.2 Å². The highest BCUT2D eigenvalue weighted by Crippen LogP contribution is 2.31. The zero-order valence-corrected chi connectivity index (χ0v) is 19.4. The molecule has 0 spiro atoms. The monoisotopic (exact) mass is 479 g/mol. The lowest BCUT2D eigenvalue weighted by molar-refractivity contribution is -0.128. The van der Waals surface area contributed by atoms with Gasteiger partial charge in [0.1, 0.15) is 0 Å². The Hall–Kier alpha value is -3.23. The third-order valence-electron chi connectivity index (χ3n) is 5.55. The van der Waals surface area contributed by atoms with Crippen LogP contribution >= 0.6 is 23.4 Å². The molecule has 1 amide bonds. The predicted molar refractivity (Wildman–Crippen MR) is 130 cm³/mol. The van der Waals surface area contributed by atoms with Gasteiger partial charge in [0.25, 0.3) is 0 Å². The van der Waals surface area contributed by atoms with Gasteiger partial charge >= 0.3 is 0 Å². The van der Waals surface area contributed by atoms with Crippen molar-refractivity contribution in [3.05, 3.63) is 78.0 Å². The first kappa shape index (κ1) is 21.6. The molecule has 0 unspecified atom stereocenters. The van der Waals surface area contributed by atoms with Gasteiger partial charge in [0, 0.05) is 31.9 Å². The van der Waals surface area contributed by atoms with E-state index in [0.717, 1.165) is 18.8 Å². The maximum atomic E-state index is 12.9. The Bertz CT molecular complexity index is 1220. The number of nitrogens with zero attached hydrogens (tertiary/aromatic N) is 5. The van der Waals surface area contributed by atoms with Crippen LogP contribution < -0.4 is 4.90 Å². The van der Waals surface area contributed by atoms with Crippen molar-refractivity contribution in [3.8, 4) is 17.3 Å². The molecule has 168 valence electrons. The summed E-state index contributed by atoms with van der Waals surface area (Å²) in [6.45, 7) is 3.03. The molecule has 1 aliphatic rings. The maximum absolute atomic E-state index is 12.9.